The van der Waals surface area contributed by atoms with E-state index in [4.69, 9.17) is 4.74 Å². The molecule has 2 heterocycles. The lowest BCUT2D eigenvalue weighted by atomic mass is 10.1. The average molecular weight is 392 g/mol. The summed E-state index contributed by atoms with van der Waals surface area (Å²) in [5.41, 5.74) is 2.32. The fourth-order valence-corrected chi connectivity index (χ4v) is 4.03. The first kappa shape index (κ1) is 19.2. The Morgan fingerprint density at radius 2 is 1.86 bits per heavy atom. The minimum Gasteiger partial charge on any atom is -0.433 e. The molecule has 1 saturated heterocycles. The van der Waals surface area contributed by atoms with Crippen LogP contribution < -0.4 is 5.32 Å². The molecule has 0 bridgehead atoms. The van der Waals surface area contributed by atoms with Gasteiger partial charge in [-0.3, -0.25) is 14.5 Å². The molecular weight excluding hydrogens is 368 g/mol. The first-order valence-electron chi connectivity index (χ1n) is 10.00. The largest absolute Gasteiger partial charge is 0.433 e. The number of esters is 1. The van der Waals surface area contributed by atoms with Gasteiger partial charge in [-0.1, -0.05) is 48.5 Å². The third-order valence-corrected chi connectivity index (χ3v) is 5.57. The summed E-state index contributed by atoms with van der Waals surface area (Å²) in [6.07, 6.45) is 1.53. The average Bonchev–Trinajstić information content (AvgIpc) is 3.27. The minimum absolute atomic E-state index is 0.0290. The summed E-state index contributed by atoms with van der Waals surface area (Å²) in [6, 6.07) is 16.5. The van der Waals surface area contributed by atoms with Gasteiger partial charge in [0.2, 0.25) is 18.0 Å². The van der Waals surface area contributed by atoms with Crippen molar-refractivity contribution in [1.29, 1.82) is 0 Å². The minimum atomic E-state index is -0.830. The summed E-state index contributed by atoms with van der Waals surface area (Å²) in [4.78, 5) is 39.1. The van der Waals surface area contributed by atoms with Gasteiger partial charge >= 0.3 is 5.97 Å². The van der Waals surface area contributed by atoms with Crippen LogP contribution in [0.5, 0.6) is 0 Å². The molecule has 0 aliphatic carbocycles. The van der Waals surface area contributed by atoms with E-state index in [1.807, 2.05) is 25.1 Å². The molecule has 0 saturated carbocycles. The third kappa shape index (κ3) is 3.88. The number of nitrogens with one attached hydrogen (secondary N) is 1. The van der Waals surface area contributed by atoms with Gasteiger partial charge in [0, 0.05) is 18.0 Å². The number of carbonyl (C=O) groups is 3. The van der Waals surface area contributed by atoms with Gasteiger partial charge in [0.05, 0.1) is 5.56 Å². The molecule has 2 aromatic rings. The van der Waals surface area contributed by atoms with E-state index in [-0.39, 0.29) is 24.3 Å². The standard InChI is InChI=1S/C23H24N2O4/c1-15(11-12-16-7-3-2-4-8-16)24-21(27)19-13-14-20(26)25(19)22-17-9-5-6-10-18(17)23(28)29-22/h2-10,15,19,22H,11-14H2,1H3,(H,24,27)/t15-,19+,22+/m0/s1. The van der Waals surface area contributed by atoms with Gasteiger partial charge in [-0.15, -0.1) is 0 Å². The number of rotatable bonds is 6. The van der Waals surface area contributed by atoms with Gasteiger partial charge < -0.3 is 10.1 Å². The van der Waals surface area contributed by atoms with E-state index >= 15 is 0 Å². The number of hydrogen-bond donors (Lipinski definition) is 1. The van der Waals surface area contributed by atoms with Gasteiger partial charge in [0.25, 0.3) is 0 Å². The molecule has 0 radical (unpaired) electrons. The zero-order valence-corrected chi connectivity index (χ0v) is 16.3. The van der Waals surface area contributed by atoms with E-state index in [1.54, 1.807) is 24.3 Å². The molecule has 1 fully saturated rings. The maximum atomic E-state index is 12.9. The number of cyclic esters (lactones) is 1. The van der Waals surface area contributed by atoms with Crippen molar-refractivity contribution >= 4 is 17.8 Å². The lowest BCUT2D eigenvalue weighted by Crippen LogP contribution is -2.48. The topological polar surface area (TPSA) is 75.7 Å². The lowest BCUT2D eigenvalue weighted by Gasteiger charge is -2.30. The molecule has 3 atom stereocenters. The normalized spacial score (nSPS) is 21.6. The lowest BCUT2D eigenvalue weighted by molar-refractivity contribution is -0.146. The van der Waals surface area contributed by atoms with Gasteiger partial charge in [-0.2, -0.15) is 0 Å². The summed E-state index contributed by atoms with van der Waals surface area (Å²) in [5, 5.41) is 3.03. The Kier molecular flexibility index (Phi) is 5.34. The SMILES string of the molecule is C[C@@H](CCc1ccccc1)NC(=O)[C@H]1CCC(=O)N1[C@@H]1OC(=O)c2ccccc21. The molecule has 2 aliphatic heterocycles. The number of ether oxygens (including phenoxy) is 1. The summed E-state index contributed by atoms with van der Waals surface area (Å²) < 4.78 is 5.46. The molecule has 0 unspecified atom stereocenters. The number of hydrogen-bond acceptors (Lipinski definition) is 4. The summed E-state index contributed by atoms with van der Waals surface area (Å²) in [7, 11) is 0. The number of nitrogens with zero attached hydrogens (tertiary/aromatic N) is 1. The third-order valence-electron chi connectivity index (χ3n) is 5.57. The van der Waals surface area contributed by atoms with Crippen molar-refractivity contribution in [2.75, 3.05) is 0 Å². The molecule has 29 heavy (non-hydrogen) atoms. The van der Waals surface area contributed by atoms with Gasteiger partial charge in [0.15, 0.2) is 0 Å². The molecule has 2 aliphatic rings. The van der Waals surface area contributed by atoms with E-state index < -0.39 is 18.2 Å². The van der Waals surface area contributed by atoms with Crippen molar-refractivity contribution in [3.05, 3.63) is 71.3 Å². The molecular formula is C23H24N2O4. The Morgan fingerprint density at radius 1 is 1.14 bits per heavy atom. The number of fused-ring (bicyclic) bond motifs is 1. The van der Waals surface area contributed by atoms with Crippen LogP contribution in [-0.4, -0.2) is 34.8 Å². The molecule has 1 N–H and O–H groups in total. The fraction of sp³-hybridized carbons (Fsp3) is 0.348. The Labute approximate surface area is 169 Å². The van der Waals surface area contributed by atoms with Crippen molar-refractivity contribution in [2.24, 2.45) is 0 Å². The van der Waals surface area contributed by atoms with Gasteiger partial charge in [0.1, 0.15) is 6.04 Å². The first-order valence-corrected chi connectivity index (χ1v) is 10.00. The van der Waals surface area contributed by atoms with E-state index in [1.165, 1.54) is 10.5 Å². The predicted molar refractivity (Wildman–Crippen MR) is 107 cm³/mol. The molecule has 6 heteroatoms. The zero-order valence-electron chi connectivity index (χ0n) is 16.3. The fourth-order valence-electron chi connectivity index (χ4n) is 4.03. The van der Waals surface area contributed by atoms with Crippen LogP contribution in [0.4, 0.5) is 0 Å². The highest BCUT2D eigenvalue weighted by Gasteiger charge is 2.46. The second-order valence-corrected chi connectivity index (χ2v) is 7.63. The number of benzene rings is 2. The van der Waals surface area contributed by atoms with Crippen LogP contribution in [0.1, 0.15) is 53.9 Å². The summed E-state index contributed by atoms with van der Waals surface area (Å²) in [6.45, 7) is 1.97. The molecule has 2 aromatic carbocycles. The summed E-state index contributed by atoms with van der Waals surface area (Å²) >= 11 is 0. The maximum Gasteiger partial charge on any atom is 0.340 e. The Morgan fingerprint density at radius 3 is 2.66 bits per heavy atom. The molecule has 150 valence electrons. The predicted octanol–water partition coefficient (Wildman–Crippen LogP) is 2.98. The van der Waals surface area contributed by atoms with E-state index in [2.05, 4.69) is 17.4 Å². The monoisotopic (exact) mass is 392 g/mol. The van der Waals surface area contributed by atoms with Crippen molar-refractivity contribution in [2.45, 2.75) is 50.9 Å². The van der Waals surface area contributed by atoms with Crippen LogP contribution in [0.25, 0.3) is 0 Å². The molecule has 4 rings (SSSR count). The highest BCUT2D eigenvalue weighted by molar-refractivity contribution is 5.96. The molecule has 0 spiro atoms. The number of aryl methyl sites for hydroxylation is 1. The Bertz CT molecular complexity index is 927. The Hall–Kier alpha value is -3.15. The quantitative estimate of drug-likeness (QED) is 0.767. The number of amides is 2. The van der Waals surface area contributed by atoms with Gasteiger partial charge in [-0.05, 0) is 37.8 Å². The van der Waals surface area contributed by atoms with Crippen LogP contribution >= 0.6 is 0 Å². The zero-order chi connectivity index (χ0) is 20.4. The van der Waals surface area contributed by atoms with Crippen LogP contribution in [-0.2, 0) is 20.7 Å². The maximum absolute atomic E-state index is 12.9. The Balaban J connectivity index is 1.43. The van der Waals surface area contributed by atoms with Crippen molar-refractivity contribution in [3.8, 4) is 0 Å². The first-order chi connectivity index (χ1) is 14.0. The molecule has 2 amide bonds. The van der Waals surface area contributed by atoms with Crippen molar-refractivity contribution in [1.82, 2.24) is 10.2 Å². The highest BCUT2D eigenvalue weighted by Crippen LogP contribution is 2.38. The summed E-state index contributed by atoms with van der Waals surface area (Å²) in [5.74, 6) is -0.825. The van der Waals surface area contributed by atoms with Crippen LogP contribution in [0.3, 0.4) is 0 Å². The highest BCUT2D eigenvalue weighted by atomic mass is 16.6. The van der Waals surface area contributed by atoms with E-state index in [0.29, 0.717) is 17.5 Å². The smallest absolute Gasteiger partial charge is 0.340 e. The van der Waals surface area contributed by atoms with Crippen LogP contribution in [0.15, 0.2) is 54.6 Å². The second-order valence-electron chi connectivity index (χ2n) is 7.63. The van der Waals surface area contributed by atoms with E-state index in [9.17, 15) is 14.4 Å². The van der Waals surface area contributed by atoms with Crippen molar-refractivity contribution < 1.29 is 19.1 Å². The molecule has 6 nitrogen and oxygen atoms in total. The van der Waals surface area contributed by atoms with Crippen LogP contribution in [0, 0.1) is 0 Å². The number of likely N-dealkylation sites (tertiary alicyclic amines) is 1. The van der Waals surface area contributed by atoms with Gasteiger partial charge in [-0.25, -0.2) is 4.79 Å². The van der Waals surface area contributed by atoms with Crippen LogP contribution in [0.2, 0.25) is 0 Å². The number of carbonyl (C=O) groups excluding carboxylic acids is 3. The van der Waals surface area contributed by atoms with Crippen molar-refractivity contribution in [3.63, 3.8) is 0 Å². The second kappa shape index (κ2) is 8.07. The molecule has 0 aromatic heterocycles. The van der Waals surface area contributed by atoms with E-state index in [0.717, 1.165) is 12.8 Å².